The maximum atomic E-state index is 4.47. The first-order chi connectivity index (χ1) is 6.72. The molecule has 2 heterocycles. The minimum Gasteiger partial charge on any atom is -0.260 e. The molecule has 0 spiro atoms. The molecule has 0 amide bonds. The van der Waals surface area contributed by atoms with E-state index in [0.717, 1.165) is 27.3 Å². The van der Waals surface area contributed by atoms with Crippen LogP contribution in [-0.4, -0.2) is 21.2 Å². The van der Waals surface area contributed by atoms with Crippen LogP contribution >= 0.6 is 11.8 Å². The van der Waals surface area contributed by atoms with E-state index in [2.05, 4.69) is 15.0 Å². The van der Waals surface area contributed by atoms with Crippen molar-refractivity contribution in [1.29, 1.82) is 0 Å². The number of nitrogens with zero attached hydrogens (tertiary/aromatic N) is 3. The van der Waals surface area contributed by atoms with Gasteiger partial charge in [0.05, 0.1) is 5.52 Å². The van der Waals surface area contributed by atoms with Gasteiger partial charge >= 0.3 is 0 Å². The molecule has 0 radical (unpaired) electrons. The van der Waals surface area contributed by atoms with E-state index in [1.807, 2.05) is 32.5 Å². The first-order valence-electron chi connectivity index (χ1n) is 4.35. The summed E-state index contributed by atoms with van der Waals surface area (Å²) >= 11 is 1.56. The highest BCUT2D eigenvalue weighted by atomic mass is 32.2. The van der Waals surface area contributed by atoms with Crippen molar-refractivity contribution in [3.8, 4) is 0 Å². The molecule has 2 aromatic heterocycles. The van der Waals surface area contributed by atoms with Crippen molar-refractivity contribution in [3.05, 3.63) is 23.7 Å². The number of hydrogen-bond acceptors (Lipinski definition) is 4. The molecule has 0 atom stereocenters. The summed E-state index contributed by atoms with van der Waals surface area (Å²) in [6.45, 7) is 4.00. The van der Waals surface area contributed by atoms with Gasteiger partial charge in [-0.25, -0.2) is 9.97 Å². The summed E-state index contributed by atoms with van der Waals surface area (Å²) < 4.78 is 0. The van der Waals surface area contributed by atoms with E-state index in [-0.39, 0.29) is 0 Å². The number of fused-ring (bicyclic) bond motifs is 1. The topological polar surface area (TPSA) is 38.7 Å². The average molecular weight is 205 g/mol. The zero-order valence-corrected chi connectivity index (χ0v) is 9.22. The van der Waals surface area contributed by atoms with Crippen molar-refractivity contribution in [2.75, 3.05) is 6.26 Å². The van der Waals surface area contributed by atoms with Gasteiger partial charge in [0.15, 0.2) is 5.16 Å². The molecule has 0 N–H and O–H groups in total. The fourth-order valence-corrected chi connectivity index (χ4v) is 1.69. The number of rotatable bonds is 1. The van der Waals surface area contributed by atoms with Gasteiger partial charge in [-0.1, -0.05) is 11.8 Å². The molecule has 3 nitrogen and oxygen atoms in total. The highest BCUT2D eigenvalue weighted by molar-refractivity contribution is 7.98. The lowest BCUT2D eigenvalue weighted by Gasteiger charge is -2.04. The van der Waals surface area contributed by atoms with Crippen LogP contribution in [0.2, 0.25) is 0 Å². The van der Waals surface area contributed by atoms with Crippen molar-refractivity contribution in [2.45, 2.75) is 19.0 Å². The highest BCUT2D eigenvalue weighted by Crippen LogP contribution is 2.19. The lowest BCUT2D eigenvalue weighted by atomic mass is 10.2. The molecule has 0 aromatic carbocycles. The van der Waals surface area contributed by atoms with Crippen molar-refractivity contribution in [3.63, 3.8) is 0 Å². The third-order valence-electron chi connectivity index (χ3n) is 2.16. The van der Waals surface area contributed by atoms with E-state index in [1.165, 1.54) is 0 Å². The van der Waals surface area contributed by atoms with E-state index in [4.69, 9.17) is 0 Å². The van der Waals surface area contributed by atoms with Crippen LogP contribution in [0.1, 0.15) is 11.3 Å². The van der Waals surface area contributed by atoms with Gasteiger partial charge in [-0.2, -0.15) is 0 Å². The third kappa shape index (κ3) is 1.46. The second-order valence-corrected chi connectivity index (χ2v) is 3.92. The summed E-state index contributed by atoms with van der Waals surface area (Å²) in [5, 5.41) is 1.86. The van der Waals surface area contributed by atoms with E-state index in [1.54, 1.807) is 11.8 Å². The van der Waals surface area contributed by atoms with Crippen molar-refractivity contribution in [1.82, 2.24) is 15.0 Å². The van der Waals surface area contributed by atoms with E-state index < -0.39 is 0 Å². The Morgan fingerprint density at radius 1 is 1.14 bits per heavy atom. The quantitative estimate of drug-likeness (QED) is 0.529. The van der Waals surface area contributed by atoms with E-state index in [9.17, 15) is 0 Å². The van der Waals surface area contributed by atoms with Gasteiger partial charge in [0.1, 0.15) is 0 Å². The second kappa shape index (κ2) is 3.53. The lowest BCUT2D eigenvalue weighted by molar-refractivity contribution is 0.995. The van der Waals surface area contributed by atoms with Gasteiger partial charge in [0, 0.05) is 23.5 Å². The van der Waals surface area contributed by atoms with Gasteiger partial charge in [-0.05, 0) is 25.7 Å². The molecule has 4 heteroatoms. The summed E-state index contributed by atoms with van der Waals surface area (Å²) in [4.78, 5) is 13.0. The van der Waals surface area contributed by atoms with Crippen LogP contribution in [0.4, 0.5) is 0 Å². The SMILES string of the molecule is CSc1ncc2c(C)ncc(C)c2n1. The molecule has 0 saturated carbocycles. The van der Waals surface area contributed by atoms with Crippen LogP contribution in [0.15, 0.2) is 17.6 Å². The van der Waals surface area contributed by atoms with Crippen molar-refractivity contribution in [2.24, 2.45) is 0 Å². The maximum absolute atomic E-state index is 4.47. The van der Waals surface area contributed by atoms with Crippen LogP contribution in [0.3, 0.4) is 0 Å². The minimum absolute atomic E-state index is 0.811. The first-order valence-corrected chi connectivity index (χ1v) is 5.58. The summed E-state index contributed by atoms with van der Waals surface area (Å²) in [6, 6.07) is 0. The molecular weight excluding hydrogens is 194 g/mol. The monoisotopic (exact) mass is 205 g/mol. The number of pyridine rings is 1. The number of thioether (sulfide) groups is 1. The van der Waals surface area contributed by atoms with Crippen LogP contribution in [0.25, 0.3) is 10.9 Å². The summed E-state index contributed by atoms with van der Waals surface area (Å²) in [5.41, 5.74) is 3.10. The van der Waals surface area contributed by atoms with Gasteiger partial charge in [-0.15, -0.1) is 0 Å². The Hall–Kier alpha value is -1.16. The molecule has 0 aliphatic heterocycles. The fourth-order valence-electron chi connectivity index (χ4n) is 1.35. The average Bonchev–Trinajstić information content (AvgIpc) is 2.23. The summed E-state index contributed by atoms with van der Waals surface area (Å²) in [6.07, 6.45) is 5.68. The van der Waals surface area contributed by atoms with Crippen LogP contribution in [-0.2, 0) is 0 Å². The Balaban J connectivity index is 2.80. The molecule has 0 unspecified atom stereocenters. The smallest absolute Gasteiger partial charge is 0.187 e. The fraction of sp³-hybridized carbons (Fsp3) is 0.300. The number of aryl methyl sites for hydroxylation is 2. The first kappa shape index (κ1) is 9.40. The third-order valence-corrected chi connectivity index (χ3v) is 2.73. The van der Waals surface area contributed by atoms with E-state index >= 15 is 0 Å². The Labute approximate surface area is 87.0 Å². The number of aromatic nitrogens is 3. The standard InChI is InChI=1S/C10H11N3S/c1-6-4-11-7(2)8-5-12-10(14-3)13-9(6)8/h4-5H,1-3H3. The zero-order valence-electron chi connectivity index (χ0n) is 8.40. The largest absolute Gasteiger partial charge is 0.260 e. The lowest BCUT2D eigenvalue weighted by Crippen LogP contribution is -1.93. The Kier molecular flexibility index (Phi) is 2.37. The summed E-state index contributed by atoms with van der Waals surface area (Å²) in [7, 11) is 0. The molecule has 0 aliphatic carbocycles. The van der Waals surface area contributed by atoms with Crippen LogP contribution in [0, 0.1) is 13.8 Å². The zero-order chi connectivity index (χ0) is 10.1. The predicted molar refractivity (Wildman–Crippen MR) is 58.6 cm³/mol. The molecule has 2 aromatic rings. The highest BCUT2D eigenvalue weighted by Gasteiger charge is 2.04. The van der Waals surface area contributed by atoms with Crippen molar-refractivity contribution >= 4 is 22.7 Å². The van der Waals surface area contributed by atoms with Gasteiger partial charge in [-0.3, -0.25) is 4.98 Å². The molecule has 2 rings (SSSR count). The normalized spacial score (nSPS) is 10.8. The molecule has 14 heavy (non-hydrogen) atoms. The molecule has 0 bridgehead atoms. The van der Waals surface area contributed by atoms with Gasteiger partial charge in [0.25, 0.3) is 0 Å². The molecule has 0 saturated heterocycles. The number of hydrogen-bond donors (Lipinski definition) is 0. The second-order valence-electron chi connectivity index (χ2n) is 3.15. The summed E-state index contributed by atoms with van der Waals surface area (Å²) in [5.74, 6) is 0. The Morgan fingerprint density at radius 2 is 1.93 bits per heavy atom. The molecule has 72 valence electrons. The van der Waals surface area contributed by atoms with Crippen LogP contribution in [0.5, 0.6) is 0 Å². The molecule has 0 aliphatic rings. The minimum atomic E-state index is 0.811. The van der Waals surface area contributed by atoms with E-state index in [0.29, 0.717) is 0 Å². The maximum Gasteiger partial charge on any atom is 0.187 e. The Morgan fingerprint density at radius 3 is 2.64 bits per heavy atom. The van der Waals surface area contributed by atoms with Crippen LogP contribution < -0.4 is 0 Å². The van der Waals surface area contributed by atoms with Gasteiger partial charge < -0.3 is 0 Å². The van der Waals surface area contributed by atoms with Gasteiger partial charge in [0.2, 0.25) is 0 Å². The predicted octanol–water partition coefficient (Wildman–Crippen LogP) is 2.36. The molecule has 0 fully saturated rings. The van der Waals surface area contributed by atoms with Crippen molar-refractivity contribution < 1.29 is 0 Å². The molecular formula is C10H11N3S. The Bertz CT molecular complexity index is 482.